The number of amides is 1. The molecule has 3 aromatic carbocycles. The van der Waals surface area contributed by atoms with Crippen LogP contribution < -0.4 is 10.1 Å². The number of carbonyl (C=O) groups excluding carboxylic acids is 2. The number of furan rings is 1. The Morgan fingerprint density at radius 2 is 1.63 bits per heavy atom. The Labute approximate surface area is 199 Å². The molecule has 9 heteroatoms. The molecular weight excluding hydrogens is 450 g/mol. The van der Waals surface area contributed by atoms with Gasteiger partial charge in [-0.25, -0.2) is 4.79 Å². The third kappa shape index (κ3) is 5.36. The smallest absolute Gasteiger partial charge is 0.374 e. The van der Waals surface area contributed by atoms with Crippen molar-refractivity contribution in [3.05, 3.63) is 96.4 Å². The van der Waals surface area contributed by atoms with E-state index in [1.54, 1.807) is 18.2 Å². The highest BCUT2D eigenvalue weighted by Gasteiger charge is 2.17. The molecule has 5 rings (SSSR count). The molecule has 35 heavy (non-hydrogen) atoms. The summed E-state index contributed by atoms with van der Waals surface area (Å²) in [4.78, 5) is 24.3. The molecule has 0 fully saturated rings. The van der Waals surface area contributed by atoms with E-state index in [4.69, 9.17) is 18.3 Å². The minimum absolute atomic E-state index is 0.0425. The molecule has 2 heterocycles. The predicted molar refractivity (Wildman–Crippen MR) is 126 cm³/mol. The summed E-state index contributed by atoms with van der Waals surface area (Å²) in [6.45, 7) is -0.418. The molecule has 5 aromatic rings. The van der Waals surface area contributed by atoms with E-state index in [0.29, 0.717) is 17.1 Å². The molecule has 9 nitrogen and oxygen atoms in total. The number of fused-ring (bicyclic) bond motifs is 1. The van der Waals surface area contributed by atoms with Crippen LogP contribution in [-0.4, -0.2) is 28.7 Å². The van der Waals surface area contributed by atoms with E-state index in [-0.39, 0.29) is 24.3 Å². The van der Waals surface area contributed by atoms with Crippen LogP contribution in [0.2, 0.25) is 0 Å². The second-order valence-electron chi connectivity index (χ2n) is 7.47. The van der Waals surface area contributed by atoms with Gasteiger partial charge in [-0.05, 0) is 47.2 Å². The number of aromatic nitrogens is 2. The van der Waals surface area contributed by atoms with Crippen molar-refractivity contribution in [1.29, 1.82) is 0 Å². The third-order valence-electron chi connectivity index (χ3n) is 4.99. The fourth-order valence-electron chi connectivity index (χ4n) is 3.31. The SMILES string of the molecule is O=C(COC(=O)c1ccc(COc2ccc3ccccc3c2)o1)Nc1nnc(-c2ccccc2)o1. The van der Waals surface area contributed by atoms with Crippen molar-refractivity contribution in [1.82, 2.24) is 10.2 Å². The lowest BCUT2D eigenvalue weighted by Crippen LogP contribution is -2.20. The van der Waals surface area contributed by atoms with Gasteiger partial charge in [0.25, 0.3) is 5.91 Å². The minimum Gasteiger partial charge on any atom is -0.486 e. The van der Waals surface area contributed by atoms with E-state index >= 15 is 0 Å². The summed E-state index contributed by atoms with van der Waals surface area (Å²) in [5.74, 6) is -0.0853. The maximum atomic E-state index is 12.2. The van der Waals surface area contributed by atoms with Gasteiger partial charge < -0.3 is 18.3 Å². The Hall–Kier alpha value is -4.92. The predicted octanol–water partition coefficient (Wildman–Crippen LogP) is 4.86. The van der Waals surface area contributed by atoms with Crippen molar-refractivity contribution >= 4 is 28.7 Å². The van der Waals surface area contributed by atoms with Crippen LogP contribution in [-0.2, 0) is 16.1 Å². The minimum atomic E-state index is -0.785. The molecule has 0 aliphatic rings. The summed E-state index contributed by atoms with van der Waals surface area (Å²) in [6.07, 6.45) is 0. The molecule has 1 N–H and O–H groups in total. The van der Waals surface area contributed by atoms with Gasteiger partial charge >= 0.3 is 12.0 Å². The molecule has 0 aliphatic carbocycles. The zero-order valence-electron chi connectivity index (χ0n) is 18.3. The van der Waals surface area contributed by atoms with Crippen molar-refractivity contribution < 1.29 is 27.9 Å². The third-order valence-corrected chi connectivity index (χ3v) is 4.99. The number of nitrogens with zero attached hydrogens (tertiary/aromatic N) is 2. The van der Waals surface area contributed by atoms with Gasteiger partial charge in [-0.3, -0.25) is 10.1 Å². The van der Waals surface area contributed by atoms with Crippen LogP contribution in [0.5, 0.6) is 5.75 Å². The van der Waals surface area contributed by atoms with Gasteiger partial charge in [-0.2, -0.15) is 0 Å². The van der Waals surface area contributed by atoms with Crippen LogP contribution in [0.1, 0.15) is 16.3 Å². The standard InChI is InChI=1S/C26H19N3O6/c30-23(27-26-29-28-24(35-26)18-7-2-1-3-8-18)16-33-25(31)22-13-12-21(34-22)15-32-20-11-10-17-6-4-5-9-19(17)14-20/h1-14H,15-16H2,(H,27,29,30). The molecule has 0 saturated heterocycles. The molecule has 0 bridgehead atoms. The molecular formula is C26H19N3O6. The topological polar surface area (TPSA) is 117 Å². The lowest BCUT2D eigenvalue weighted by atomic mass is 10.1. The highest BCUT2D eigenvalue weighted by molar-refractivity contribution is 5.93. The highest BCUT2D eigenvalue weighted by atomic mass is 16.6. The largest absolute Gasteiger partial charge is 0.486 e. The molecule has 1 amide bonds. The number of hydrogen-bond acceptors (Lipinski definition) is 8. The maximum Gasteiger partial charge on any atom is 0.374 e. The first-order chi connectivity index (χ1) is 17.1. The van der Waals surface area contributed by atoms with Crippen molar-refractivity contribution in [3.8, 4) is 17.2 Å². The number of ether oxygens (including phenoxy) is 2. The van der Waals surface area contributed by atoms with Crippen LogP contribution in [0.4, 0.5) is 6.01 Å². The van der Waals surface area contributed by atoms with Gasteiger partial charge in [0.05, 0.1) is 0 Å². The number of hydrogen-bond donors (Lipinski definition) is 1. The molecule has 0 aliphatic heterocycles. The Morgan fingerprint density at radius 3 is 2.49 bits per heavy atom. The van der Waals surface area contributed by atoms with Gasteiger partial charge in [0, 0.05) is 5.56 Å². The number of nitrogens with one attached hydrogen (secondary N) is 1. The van der Waals surface area contributed by atoms with Crippen LogP contribution >= 0.6 is 0 Å². The van der Waals surface area contributed by atoms with Crippen LogP contribution in [0.15, 0.2) is 93.8 Å². The Morgan fingerprint density at radius 1 is 0.829 bits per heavy atom. The monoisotopic (exact) mass is 469 g/mol. The maximum absolute atomic E-state index is 12.2. The van der Waals surface area contributed by atoms with E-state index in [2.05, 4.69) is 15.5 Å². The van der Waals surface area contributed by atoms with E-state index < -0.39 is 18.5 Å². The van der Waals surface area contributed by atoms with Crippen LogP contribution in [0.25, 0.3) is 22.2 Å². The van der Waals surface area contributed by atoms with Gasteiger partial charge in [0.2, 0.25) is 11.7 Å². The average molecular weight is 469 g/mol. The van der Waals surface area contributed by atoms with Gasteiger partial charge in [0.1, 0.15) is 18.1 Å². The molecule has 0 saturated carbocycles. The number of carbonyl (C=O) groups is 2. The highest BCUT2D eigenvalue weighted by Crippen LogP contribution is 2.22. The van der Waals surface area contributed by atoms with Gasteiger partial charge in [-0.1, -0.05) is 53.6 Å². The Bertz CT molecular complexity index is 1470. The molecule has 0 spiro atoms. The Balaban J connectivity index is 1.10. The first-order valence-corrected chi connectivity index (χ1v) is 10.7. The van der Waals surface area contributed by atoms with Crippen LogP contribution in [0, 0.1) is 0 Å². The number of benzene rings is 3. The Kier molecular flexibility index (Phi) is 6.21. The fourth-order valence-corrected chi connectivity index (χ4v) is 3.31. The second-order valence-corrected chi connectivity index (χ2v) is 7.47. The number of rotatable bonds is 8. The fraction of sp³-hybridized carbons (Fsp3) is 0.0769. The zero-order valence-corrected chi connectivity index (χ0v) is 18.3. The molecule has 2 aromatic heterocycles. The zero-order chi connectivity index (χ0) is 24.0. The summed E-state index contributed by atoms with van der Waals surface area (Å²) in [5.41, 5.74) is 0.713. The first kappa shape index (κ1) is 21.9. The normalized spacial score (nSPS) is 10.7. The lowest BCUT2D eigenvalue weighted by Gasteiger charge is -2.06. The molecule has 0 radical (unpaired) electrons. The van der Waals surface area contributed by atoms with E-state index in [0.717, 1.165) is 10.8 Å². The average Bonchev–Trinajstić information content (AvgIpc) is 3.56. The van der Waals surface area contributed by atoms with Gasteiger partial charge in [-0.15, -0.1) is 5.10 Å². The number of esters is 1. The van der Waals surface area contributed by atoms with Gasteiger partial charge in [0.15, 0.2) is 6.61 Å². The molecule has 0 atom stereocenters. The van der Waals surface area contributed by atoms with E-state index in [1.165, 1.54) is 6.07 Å². The summed E-state index contributed by atoms with van der Waals surface area (Å²) in [6, 6.07) is 25.8. The summed E-state index contributed by atoms with van der Waals surface area (Å²) >= 11 is 0. The van der Waals surface area contributed by atoms with Crippen molar-refractivity contribution in [2.45, 2.75) is 6.61 Å². The van der Waals surface area contributed by atoms with E-state index in [9.17, 15) is 9.59 Å². The van der Waals surface area contributed by atoms with Crippen molar-refractivity contribution in [2.24, 2.45) is 0 Å². The molecule has 0 unspecified atom stereocenters. The van der Waals surface area contributed by atoms with E-state index in [1.807, 2.05) is 60.7 Å². The second kappa shape index (κ2) is 9.92. The van der Waals surface area contributed by atoms with Crippen molar-refractivity contribution in [2.75, 3.05) is 11.9 Å². The first-order valence-electron chi connectivity index (χ1n) is 10.7. The molecule has 174 valence electrons. The number of anilines is 1. The summed E-state index contributed by atoms with van der Waals surface area (Å²) in [7, 11) is 0. The van der Waals surface area contributed by atoms with Crippen molar-refractivity contribution in [3.63, 3.8) is 0 Å². The lowest BCUT2D eigenvalue weighted by molar-refractivity contribution is -0.119. The quantitative estimate of drug-likeness (QED) is 0.320. The van der Waals surface area contributed by atoms with Crippen LogP contribution in [0.3, 0.4) is 0 Å². The summed E-state index contributed by atoms with van der Waals surface area (Å²) < 4.78 is 21.6. The summed E-state index contributed by atoms with van der Waals surface area (Å²) in [5, 5.41) is 12.2.